The molecule has 0 spiro atoms. The van der Waals surface area contributed by atoms with E-state index >= 15 is 0 Å². The molecular weight excluding hydrogens is 144 g/mol. The molecule has 1 unspecified atom stereocenters. The van der Waals surface area contributed by atoms with E-state index in [1.165, 1.54) is 6.39 Å². The van der Waals surface area contributed by atoms with Gasteiger partial charge in [-0.05, 0) is 6.92 Å². The van der Waals surface area contributed by atoms with Gasteiger partial charge in [-0.2, -0.15) is 0 Å². The van der Waals surface area contributed by atoms with Crippen LogP contribution in [0.3, 0.4) is 0 Å². The fourth-order valence-electron chi connectivity index (χ4n) is 0.783. The summed E-state index contributed by atoms with van der Waals surface area (Å²) in [6.07, 6.45) is 3.45. The molecule has 11 heavy (non-hydrogen) atoms. The van der Waals surface area contributed by atoms with Crippen LogP contribution in [0.15, 0.2) is 17.0 Å². The first kappa shape index (κ1) is 8.23. The largest absolute Gasteiger partial charge is 0.448 e. The van der Waals surface area contributed by atoms with Crippen molar-refractivity contribution in [2.45, 2.75) is 18.9 Å². The Hall–Kier alpha value is -0.870. The Kier molecular flexibility index (Phi) is 2.26. The first-order chi connectivity index (χ1) is 5.14. The average molecular weight is 156 g/mol. The standard InChI is InChI=1S/C7H12N2O2/c1-7(8,4-10)2-6-3-9-5-11-6/h3,5,10H,2,4,8H2,1H3. The second-order valence-electron chi connectivity index (χ2n) is 2.96. The third-order valence-electron chi connectivity index (χ3n) is 1.42. The van der Waals surface area contributed by atoms with E-state index in [2.05, 4.69) is 4.98 Å². The fraction of sp³-hybridized carbons (Fsp3) is 0.571. The van der Waals surface area contributed by atoms with E-state index in [4.69, 9.17) is 15.3 Å². The van der Waals surface area contributed by atoms with Crippen molar-refractivity contribution in [2.24, 2.45) is 5.73 Å². The molecule has 1 aromatic heterocycles. The molecule has 0 fully saturated rings. The van der Waals surface area contributed by atoms with Crippen LogP contribution in [0.5, 0.6) is 0 Å². The second-order valence-corrected chi connectivity index (χ2v) is 2.96. The lowest BCUT2D eigenvalue weighted by Crippen LogP contribution is -2.42. The summed E-state index contributed by atoms with van der Waals surface area (Å²) in [6.45, 7) is 1.70. The number of nitrogens with zero attached hydrogens (tertiary/aromatic N) is 1. The molecule has 0 saturated carbocycles. The summed E-state index contributed by atoms with van der Waals surface area (Å²) in [5, 5.41) is 8.81. The van der Waals surface area contributed by atoms with Gasteiger partial charge in [-0.3, -0.25) is 0 Å². The van der Waals surface area contributed by atoms with Gasteiger partial charge in [0, 0.05) is 12.0 Å². The van der Waals surface area contributed by atoms with Crippen LogP contribution in [0, 0.1) is 0 Å². The minimum absolute atomic E-state index is 0.0618. The van der Waals surface area contributed by atoms with Crippen molar-refractivity contribution >= 4 is 0 Å². The number of aromatic nitrogens is 1. The van der Waals surface area contributed by atoms with Crippen LogP contribution in [-0.2, 0) is 6.42 Å². The summed E-state index contributed by atoms with van der Waals surface area (Å²) in [5.41, 5.74) is 5.06. The number of nitrogens with two attached hydrogens (primary N) is 1. The van der Waals surface area contributed by atoms with E-state index in [0.29, 0.717) is 12.2 Å². The number of hydrogen-bond acceptors (Lipinski definition) is 4. The molecule has 62 valence electrons. The van der Waals surface area contributed by atoms with Gasteiger partial charge in [-0.25, -0.2) is 4.98 Å². The van der Waals surface area contributed by atoms with Crippen LogP contribution < -0.4 is 5.73 Å². The van der Waals surface area contributed by atoms with E-state index in [1.807, 2.05) is 0 Å². The molecule has 3 N–H and O–H groups in total. The smallest absolute Gasteiger partial charge is 0.180 e. The van der Waals surface area contributed by atoms with Crippen LogP contribution in [0.1, 0.15) is 12.7 Å². The first-order valence-corrected chi connectivity index (χ1v) is 3.41. The van der Waals surface area contributed by atoms with Gasteiger partial charge < -0.3 is 15.3 Å². The monoisotopic (exact) mass is 156 g/mol. The average Bonchev–Trinajstić information content (AvgIpc) is 2.39. The molecule has 1 atom stereocenters. The van der Waals surface area contributed by atoms with Crippen LogP contribution in [0.2, 0.25) is 0 Å². The molecule has 0 aliphatic rings. The van der Waals surface area contributed by atoms with Gasteiger partial charge in [-0.1, -0.05) is 0 Å². The van der Waals surface area contributed by atoms with Gasteiger partial charge in [-0.15, -0.1) is 0 Å². The normalized spacial score (nSPS) is 16.3. The second kappa shape index (κ2) is 3.02. The Balaban J connectivity index is 2.56. The van der Waals surface area contributed by atoms with E-state index in [1.54, 1.807) is 13.1 Å². The maximum Gasteiger partial charge on any atom is 0.180 e. The predicted octanol–water partition coefficient (Wildman–Crippen LogP) is -0.0732. The number of hydrogen-bond donors (Lipinski definition) is 2. The van der Waals surface area contributed by atoms with Gasteiger partial charge in [0.05, 0.1) is 12.8 Å². The third-order valence-corrected chi connectivity index (χ3v) is 1.42. The summed E-state index contributed by atoms with van der Waals surface area (Å²) in [6, 6.07) is 0. The van der Waals surface area contributed by atoms with Gasteiger partial charge >= 0.3 is 0 Å². The Morgan fingerprint density at radius 1 is 1.82 bits per heavy atom. The highest BCUT2D eigenvalue weighted by Gasteiger charge is 2.19. The summed E-state index contributed by atoms with van der Waals surface area (Å²) in [4.78, 5) is 3.74. The van der Waals surface area contributed by atoms with Crippen LogP contribution >= 0.6 is 0 Å². The van der Waals surface area contributed by atoms with Crippen molar-refractivity contribution < 1.29 is 9.52 Å². The molecule has 4 nitrogen and oxygen atoms in total. The maximum atomic E-state index is 8.81. The van der Waals surface area contributed by atoms with Crippen LogP contribution in [0.25, 0.3) is 0 Å². The first-order valence-electron chi connectivity index (χ1n) is 3.41. The van der Waals surface area contributed by atoms with Gasteiger partial charge in [0.2, 0.25) is 0 Å². The van der Waals surface area contributed by atoms with Crippen molar-refractivity contribution in [3.63, 3.8) is 0 Å². The molecule has 1 aromatic rings. The van der Waals surface area contributed by atoms with Crippen molar-refractivity contribution in [2.75, 3.05) is 6.61 Å². The zero-order valence-corrected chi connectivity index (χ0v) is 6.45. The molecule has 0 saturated heterocycles. The molecule has 0 aliphatic carbocycles. The van der Waals surface area contributed by atoms with Gasteiger partial charge in [0.25, 0.3) is 0 Å². The highest BCUT2D eigenvalue weighted by Crippen LogP contribution is 2.08. The van der Waals surface area contributed by atoms with Crippen molar-refractivity contribution in [3.8, 4) is 0 Å². The molecule has 1 heterocycles. The Morgan fingerprint density at radius 3 is 3.00 bits per heavy atom. The zero-order valence-electron chi connectivity index (χ0n) is 6.45. The molecule has 0 aliphatic heterocycles. The lowest BCUT2D eigenvalue weighted by atomic mass is 10.00. The number of aliphatic hydroxyl groups is 1. The highest BCUT2D eigenvalue weighted by molar-refractivity contribution is 4.97. The Morgan fingerprint density at radius 2 is 2.55 bits per heavy atom. The topological polar surface area (TPSA) is 72.3 Å². The quantitative estimate of drug-likeness (QED) is 0.642. The van der Waals surface area contributed by atoms with E-state index < -0.39 is 5.54 Å². The van der Waals surface area contributed by atoms with Crippen molar-refractivity contribution in [1.29, 1.82) is 0 Å². The third kappa shape index (κ3) is 2.32. The Labute approximate surface area is 65.0 Å². The van der Waals surface area contributed by atoms with Crippen molar-refractivity contribution in [1.82, 2.24) is 4.98 Å². The van der Waals surface area contributed by atoms with Crippen LogP contribution in [-0.4, -0.2) is 22.2 Å². The molecular formula is C7H12N2O2. The van der Waals surface area contributed by atoms with Crippen LogP contribution in [0.4, 0.5) is 0 Å². The summed E-state index contributed by atoms with van der Waals surface area (Å²) in [5.74, 6) is 0.698. The summed E-state index contributed by atoms with van der Waals surface area (Å²) < 4.78 is 4.97. The fourth-order valence-corrected chi connectivity index (χ4v) is 0.783. The van der Waals surface area contributed by atoms with Crippen molar-refractivity contribution in [3.05, 3.63) is 18.4 Å². The lowest BCUT2D eigenvalue weighted by molar-refractivity contribution is 0.202. The molecule has 0 aromatic carbocycles. The summed E-state index contributed by atoms with van der Waals surface area (Å²) >= 11 is 0. The SMILES string of the molecule is CC(N)(CO)Cc1cnco1. The molecule has 0 radical (unpaired) electrons. The Bertz CT molecular complexity index is 206. The lowest BCUT2D eigenvalue weighted by Gasteiger charge is -2.19. The summed E-state index contributed by atoms with van der Waals surface area (Å²) in [7, 11) is 0. The van der Waals surface area contributed by atoms with Gasteiger partial charge in [0.1, 0.15) is 5.76 Å². The van der Waals surface area contributed by atoms with Gasteiger partial charge in [0.15, 0.2) is 6.39 Å². The number of rotatable bonds is 3. The molecule has 4 heteroatoms. The van der Waals surface area contributed by atoms with E-state index in [0.717, 1.165) is 0 Å². The molecule has 0 bridgehead atoms. The minimum atomic E-state index is -0.612. The molecule has 0 amide bonds. The number of oxazole rings is 1. The van der Waals surface area contributed by atoms with E-state index in [-0.39, 0.29) is 6.61 Å². The molecule has 1 rings (SSSR count). The zero-order chi connectivity index (χ0) is 8.32. The minimum Gasteiger partial charge on any atom is -0.448 e. The highest BCUT2D eigenvalue weighted by atomic mass is 16.3. The van der Waals surface area contributed by atoms with E-state index in [9.17, 15) is 0 Å². The predicted molar refractivity (Wildman–Crippen MR) is 39.9 cm³/mol. The number of aliphatic hydroxyl groups excluding tert-OH is 1. The maximum absolute atomic E-state index is 8.81.